The van der Waals surface area contributed by atoms with Crippen molar-refractivity contribution in [3.05, 3.63) is 54.1 Å². The van der Waals surface area contributed by atoms with Crippen molar-refractivity contribution in [1.29, 1.82) is 0 Å². The van der Waals surface area contributed by atoms with Gasteiger partial charge in [-0.2, -0.15) is 0 Å². The smallest absolute Gasteiger partial charge is 0.123 e. The highest BCUT2D eigenvalue weighted by atomic mass is 15.0. The molecular weight excluding hydrogens is 198 g/mol. The monoisotopic (exact) mass is 215 g/mol. The fraction of sp³-hybridized carbons (Fsp3) is 0.308. The lowest BCUT2D eigenvalue weighted by Crippen LogP contribution is -2.21. The third-order valence-corrected chi connectivity index (χ3v) is 2.65. The number of nitrogens with zero attached hydrogens (tertiary/aromatic N) is 1. The molecule has 0 amide bonds. The van der Waals surface area contributed by atoms with E-state index in [1.165, 1.54) is 5.56 Å². The summed E-state index contributed by atoms with van der Waals surface area (Å²) >= 11 is 0. The Hall–Kier alpha value is -1.61. The maximum atomic E-state index is 4.28. The number of rotatable bonds is 5. The molecule has 0 spiro atoms. The molecule has 1 atom stereocenters. The first-order chi connectivity index (χ1) is 7.90. The molecule has 2 rings (SSSR count). The van der Waals surface area contributed by atoms with E-state index in [1.54, 1.807) is 6.20 Å². The van der Waals surface area contributed by atoms with Crippen LogP contribution in [0.25, 0.3) is 0 Å². The summed E-state index contributed by atoms with van der Waals surface area (Å²) in [5.74, 6) is 1.01. The summed E-state index contributed by atoms with van der Waals surface area (Å²) in [5.41, 5.74) is 1.30. The summed E-state index contributed by atoms with van der Waals surface area (Å²) in [4.78, 5) is 7.43. The van der Waals surface area contributed by atoms with Crippen LogP contribution >= 0.6 is 0 Å². The minimum atomic E-state index is 0.301. The highest BCUT2D eigenvalue weighted by molar-refractivity contribution is 5.14. The van der Waals surface area contributed by atoms with Crippen LogP contribution in [0.2, 0.25) is 0 Å². The van der Waals surface area contributed by atoms with Crippen molar-refractivity contribution in [3.63, 3.8) is 0 Å². The van der Waals surface area contributed by atoms with Crippen LogP contribution in [-0.2, 0) is 6.54 Å². The van der Waals surface area contributed by atoms with E-state index in [0.717, 1.165) is 18.8 Å². The second-order valence-electron chi connectivity index (χ2n) is 3.80. The quantitative estimate of drug-likeness (QED) is 0.805. The maximum Gasteiger partial charge on any atom is 0.123 e. The number of H-pyrrole nitrogens is 1. The Balaban J connectivity index is 1.94. The van der Waals surface area contributed by atoms with Crippen LogP contribution in [0.15, 0.2) is 42.7 Å². The van der Waals surface area contributed by atoms with E-state index in [4.69, 9.17) is 0 Å². The van der Waals surface area contributed by atoms with Gasteiger partial charge < -0.3 is 10.3 Å². The van der Waals surface area contributed by atoms with Crippen molar-refractivity contribution in [3.8, 4) is 0 Å². The van der Waals surface area contributed by atoms with Gasteiger partial charge >= 0.3 is 0 Å². The van der Waals surface area contributed by atoms with Gasteiger partial charge in [-0.05, 0) is 12.0 Å². The molecule has 0 aliphatic heterocycles. The topological polar surface area (TPSA) is 40.7 Å². The molecule has 0 radical (unpaired) electrons. The number of aromatic nitrogens is 2. The molecule has 16 heavy (non-hydrogen) atoms. The molecule has 3 heteroatoms. The second kappa shape index (κ2) is 5.47. The van der Waals surface area contributed by atoms with Crippen molar-refractivity contribution >= 4 is 0 Å². The van der Waals surface area contributed by atoms with E-state index in [0.29, 0.717) is 6.04 Å². The molecule has 1 heterocycles. The van der Waals surface area contributed by atoms with Gasteiger partial charge in [0.2, 0.25) is 0 Å². The lowest BCUT2D eigenvalue weighted by atomic mass is 10.2. The number of nitrogens with one attached hydrogen (secondary N) is 2. The van der Waals surface area contributed by atoms with Crippen LogP contribution in [0.4, 0.5) is 0 Å². The fourth-order valence-electron chi connectivity index (χ4n) is 1.74. The molecule has 3 nitrogen and oxygen atoms in total. The summed E-state index contributed by atoms with van der Waals surface area (Å²) in [6.07, 6.45) is 4.69. The van der Waals surface area contributed by atoms with Crippen LogP contribution in [0.1, 0.15) is 30.8 Å². The third-order valence-electron chi connectivity index (χ3n) is 2.65. The molecule has 84 valence electrons. The van der Waals surface area contributed by atoms with Crippen LogP contribution < -0.4 is 5.32 Å². The average molecular weight is 215 g/mol. The zero-order valence-electron chi connectivity index (χ0n) is 9.48. The molecule has 0 bridgehead atoms. The highest BCUT2D eigenvalue weighted by Gasteiger charge is 2.10. The van der Waals surface area contributed by atoms with E-state index in [9.17, 15) is 0 Å². The molecular formula is C13H17N3. The largest absolute Gasteiger partial charge is 0.347 e. The minimum absolute atomic E-state index is 0.301. The Morgan fingerprint density at radius 3 is 2.75 bits per heavy atom. The first kappa shape index (κ1) is 10.9. The standard InChI is InChI=1S/C13H17N3/c1-2-12(13-14-8-9-15-13)16-10-11-6-4-3-5-7-11/h3-9,12,16H,2,10H2,1H3,(H,14,15). The summed E-state index contributed by atoms with van der Waals surface area (Å²) in [5, 5.41) is 3.49. The molecule has 1 unspecified atom stereocenters. The van der Waals surface area contributed by atoms with Crippen LogP contribution in [-0.4, -0.2) is 9.97 Å². The predicted octanol–water partition coefficient (Wildman–Crippen LogP) is 2.65. The van der Waals surface area contributed by atoms with Crippen molar-refractivity contribution < 1.29 is 0 Å². The van der Waals surface area contributed by atoms with Gasteiger partial charge in [-0.15, -0.1) is 0 Å². The Morgan fingerprint density at radius 1 is 1.31 bits per heavy atom. The van der Waals surface area contributed by atoms with E-state index in [-0.39, 0.29) is 0 Å². The first-order valence-electron chi connectivity index (χ1n) is 5.66. The molecule has 1 aromatic heterocycles. The molecule has 2 N–H and O–H groups in total. The Morgan fingerprint density at radius 2 is 2.12 bits per heavy atom. The Bertz CT molecular complexity index is 394. The van der Waals surface area contributed by atoms with E-state index < -0.39 is 0 Å². The van der Waals surface area contributed by atoms with Crippen LogP contribution in [0.5, 0.6) is 0 Å². The molecule has 0 fully saturated rings. The van der Waals surface area contributed by atoms with Gasteiger partial charge in [0.25, 0.3) is 0 Å². The van der Waals surface area contributed by atoms with E-state index in [1.807, 2.05) is 12.3 Å². The van der Waals surface area contributed by atoms with Crippen molar-refractivity contribution in [2.75, 3.05) is 0 Å². The zero-order valence-corrected chi connectivity index (χ0v) is 9.48. The molecule has 0 aliphatic rings. The van der Waals surface area contributed by atoms with Crippen molar-refractivity contribution in [2.45, 2.75) is 25.9 Å². The summed E-state index contributed by atoms with van der Waals surface area (Å²) in [7, 11) is 0. The number of benzene rings is 1. The van der Waals surface area contributed by atoms with Gasteiger partial charge in [0.1, 0.15) is 5.82 Å². The Kier molecular flexibility index (Phi) is 3.72. The Labute approximate surface area is 95.9 Å². The second-order valence-corrected chi connectivity index (χ2v) is 3.80. The number of aromatic amines is 1. The molecule has 1 aromatic carbocycles. The predicted molar refractivity (Wildman–Crippen MR) is 64.9 cm³/mol. The number of imidazole rings is 1. The summed E-state index contributed by atoms with van der Waals surface area (Å²) in [6.45, 7) is 3.03. The summed E-state index contributed by atoms with van der Waals surface area (Å²) in [6, 6.07) is 10.7. The zero-order chi connectivity index (χ0) is 11.2. The molecule has 0 saturated carbocycles. The van der Waals surface area contributed by atoms with Crippen molar-refractivity contribution in [2.24, 2.45) is 0 Å². The number of hydrogen-bond donors (Lipinski definition) is 2. The van der Waals surface area contributed by atoms with E-state index >= 15 is 0 Å². The number of hydrogen-bond acceptors (Lipinski definition) is 2. The van der Waals surface area contributed by atoms with Gasteiger partial charge in [-0.1, -0.05) is 37.3 Å². The highest BCUT2D eigenvalue weighted by Crippen LogP contribution is 2.12. The first-order valence-corrected chi connectivity index (χ1v) is 5.66. The van der Waals surface area contributed by atoms with Crippen LogP contribution in [0.3, 0.4) is 0 Å². The third kappa shape index (κ3) is 2.70. The molecule has 0 aliphatic carbocycles. The molecule has 0 saturated heterocycles. The van der Waals surface area contributed by atoms with Gasteiger partial charge in [0, 0.05) is 18.9 Å². The van der Waals surface area contributed by atoms with Crippen molar-refractivity contribution in [1.82, 2.24) is 15.3 Å². The van der Waals surface area contributed by atoms with E-state index in [2.05, 4.69) is 46.5 Å². The summed E-state index contributed by atoms with van der Waals surface area (Å²) < 4.78 is 0. The lowest BCUT2D eigenvalue weighted by molar-refractivity contribution is 0.498. The van der Waals surface area contributed by atoms with Gasteiger partial charge in [-0.3, -0.25) is 0 Å². The molecule has 2 aromatic rings. The fourth-order valence-corrected chi connectivity index (χ4v) is 1.74. The normalized spacial score (nSPS) is 12.6. The minimum Gasteiger partial charge on any atom is -0.347 e. The lowest BCUT2D eigenvalue weighted by Gasteiger charge is -2.14. The van der Waals surface area contributed by atoms with Crippen LogP contribution in [0, 0.1) is 0 Å². The SMILES string of the molecule is CCC(NCc1ccccc1)c1ncc[nH]1. The average Bonchev–Trinajstić information content (AvgIpc) is 2.85. The van der Waals surface area contributed by atoms with Gasteiger partial charge in [-0.25, -0.2) is 4.98 Å². The van der Waals surface area contributed by atoms with Gasteiger partial charge in [0.15, 0.2) is 0 Å². The van der Waals surface area contributed by atoms with Gasteiger partial charge in [0.05, 0.1) is 6.04 Å². The maximum absolute atomic E-state index is 4.28.